The van der Waals surface area contributed by atoms with Crippen molar-refractivity contribution < 1.29 is 9.72 Å². The van der Waals surface area contributed by atoms with Crippen molar-refractivity contribution in [3.8, 4) is 0 Å². The van der Waals surface area contributed by atoms with Gasteiger partial charge in [0.15, 0.2) is 0 Å². The van der Waals surface area contributed by atoms with Crippen LogP contribution in [-0.2, 0) is 4.79 Å². The van der Waals surface area contributed by atoms with Crippen LogP contribution in [0.5, 0.6) is 0 Å². The van der Waals surface area contributed by atoms with Crippen molar-refractivity contribution in [1.82, 2.24) is 10.3 Å². The molecule has 0 bridgehead atoms. The Morgan fingerprint density at radius 1 is 1.38 bits per heavy atom. The second-order valence-corrected chi connectivity index (χ2v) is 4.88. The summed E-state index contributed by atoms with van der Waals surface area (Å²) in [5.41, 5.74) is -0.166. The van der Waals surface area contributed by atoms with Gasteiger partial charge in [-0.2, -0.15) is 0 Å². The van der Waals surface area contributed by atoms with Gasteiger partial charge in [-0.3, -0.25) is 14.9 Å². The molecule has 1 aromatic heterocycles. The Morgan fingerprint density at radius 2 is 2.05 bits per heavy atom. The molecule has 0 fully saturated rings. The Balaban J connectivity index is 2.95. The number of nitro groups is 1. The molecule has 21 heavy (non-hydrogen) atoms. The second kappa shape index (κ2) is 7.41. The summed E-state index contributed by atoms with van der Waals surface area (Å²) in [7, 11) is 0. The van der Waals surface area contributed by atoms with Gasteiger partial charge in [0.1, 0.15) is 11.9 Å². The molecule has 0 aromatic carbocycles. The van der Waals surface area contributed by atoms with Crippen molar-refractivity contribution in [2.45, 2.75) is 39.8 Å². The van der Waals surface area contributed by atoms with Crippen molar-refractivity contribution >= 4 is 23.2 Å². The maximum atomic E-state index is 11.9. The van der Waals surface area contributed by atoms with Crippen LogP contribution < -0.4 is 16.0 Å². The highest BCUT2D eigenvalue weighted by atomic mass is 16.6. The molecule has 1 rings (SSSR count). The summed E-state index contributed by atoms with van der Waals surface area (Å²) in [5, 5.41) is 19.5. The molecule has 0 radical (unpaired) electrons. The summed E-state index contributed by atoms with van der Waals surface area (Å²) < 4.78 is 0. The molecule has 1 atom stereocenters. The van der Waals surface area contributed by atoms with Gasteiger partial charge >= 0.3 is 5.69 Å². The normalized spacial score (nSPS) is 11.9. The van der Waals surface area contributed by atoms with Crippen LogP contribution in [0.3, 0.4) is 0 Å². The topological polar surface area (TPSA) is 109 Å². The number of hydrogen-bond donors (Lipinski definition) is 3. The number of rotatable bonds is 7. The van der Waals surface area contributed by atoms with E-state index in [1.807, 2.05) is 20.8 Å². The van der Waals surface area contributed by atoms with Crippen molar-refractivity contribution in [2.24, 2.45) is 0 Å². The van der Waals surface area contributed by atoms with Gasteiger partial charge in [-0.1, -0.05) is 0 Å². The lowest BCUT2D eigenvalue weighted by atomic mass is 10.2. The lowest BCUT2D eigenvalue weighted by Crippen LogP contribution is -2.41. The first kappa shape index (κ1) is 16.7. The van der Waals surface area contributed by atoms with E-state index in [1.165, 1.54) is 12.1 Å². The summed E-state index contributed by atoms with van der Waals surface area (Å²) in [5.74, 6) is 0.349. The number of aromatic nitrogens is 1. The fourth-order valence-corrected chi connectivity index (χ4v) is 1.67. The van der Waals surface area contributed by atoms with Crippen LogP contribution in [0.1, 0.15) is 27.7 Å². The average molecular weight is 295 g/mol. The van der Waals surface area contributed by atoms with Gasteiger partial charge in [-0.25, -0.2) is 4.98 Å². The average Bonchev–Trinajstić information content (AvgIpc) is 2.38. The summed E-state index contributed by atoms with van der Waals surface area (Å²) in [6.45, 7) is 7.86. The van der Waals surface area contributed by atoms with E-state index in [0.717, 1.165) is 0 Å². The smallest absolute Gasteiger partial charge is 0.311 e. The maximum absolute atomic E-state index is 11.9. The number of carbonyl (C=O) groups excluding carboxylic acids is 1. The van der Waals surface area contributed by atoms with E-state index in [9.17, 15) is 14.9 Å². The molecule has 0 saturated heterocycles. The summed E-state index contributed by atoms with van der Waals surface area (Å²) in [4.78, 5) is 26.5. The standard InChI is InChI=1S/C13H21N5O3/c1-5-14-11-7-6-10(18(20)21)12(17-11)16-9(4)13(19)15-8(2)3/h6-9H,5H2,1-4H3,(H,15,19)(H2,14,16,17). The molecule has 0 spiro atoms. The lowest BCUT2D eigenvalue weighted by molar-refractivity contribution is -0.384. The Labute approximate surface area is 123 Å². The zero-order valence-corrected chi connectivity index (χ0v) is 12.6. The molecule has 1 aromatic rings. The van der Waals surface area contributed by atoms with E-state index < -0.39 is 11.0 Å². The van der Waals surface area contributed by atoms with Crippen LogP contribution in [0.2, 0.25) is 0 Å². The van der Waals surface area contributed by atoms with Gasteiger partial charge in [-0.05, 0) is 33.8 Å². The van der Waals surface area contributed by atoms with E-state index in [0.29, 0.717) is 12.4 Å². The van der Waals surface area contributed by atoms with Gasteiger partial charge < -0.3 is 16.0 Å². The molecule has 0 aliphatic rings. The number of nitrogens with zero attached hydrogens (tertiary/aromatic N) is 2. The third kappa shape index (κ3) is 4.90. The predicted molar refractivity (Wildman–Crippen MR) is 81.4 cm³/mol. The largest absolute Gasteiger partial charge is 0.370 e. The van der Waals surface area contributed by atoms with Crippen molar-refractivity contribution in [3.63, 3.8) is 0 Å². The van der Waals surface area contributed by atoms with Crippen LogP contribution in [0.25, 0.3) is 0 Å². The number of hydrogen-bond acceptors (Lipinski definition) is 6. The van der Waals surface area contributed by atoms with Crippen molar-refractivity contribution in [2.75, 3.05) is 17.2 Å². The number of anilines is 2. The van der Waals surface area contributed by atoms with Crippen LogP contribution in [-0.4, -0.2) is 34.4 Å². The lowest BCUT2D eigenvalue weighted by Gasteiger charge is -2.17. The SMILES string of the molecule is CCNc1ccc([N+](=O)[O-])c(NC(C)C(=O)NC(C)C)n1. The highest BCUT2D eigenvalue weighted by Gasteiger charge is 2.21. The summed E-state index contributed by atoms with van der Waals surface area (Å²) in [6.07, 6.45) is 0. The van der Waals surface area contributed by atoms with Crippen molar-refractivity contribution in [1.29, 1.82) is 0 Å². The third-order valence-electron chi connectivity index (χ3n) is 2.61. The minimum absolute atomic E-state index is 0.00205. The zero-order chi connectivity index (χ0) is 16.0. The minimum Gasteiger partial charge on any atom is -0.370 e. The molecule has 0 aliphatic carbocycles. The highest BCUT2D eigenvalue weighted by molar-refractivity contribution is 5.84. The summed E-state index contributed by atoms with van der Waals surface area (Å²) in [6, 6.07) is 2.26. The summed E-state index contributed by atoms with van der Waals surface area (Å²) >= 11 is 0. The van der Waals surface area contributed by atoms with E-state index in [2.05, 4.69) is 20.9 Å². The van der Waals surface area contributed by atoms with E-state index >= 15 is 0 Å². The molecule has 1 amide bonds. The fraction of sp³-hybridized carbons (Fsp3) is 0.538. The van der Waals surface area contributed by atoms with Gasteiger partial charge in [0.2, 0.25) is 11.7 Å². The van der Waals surface area contributed by atoms with Gasteiger partial charge in [0, 0.05) is 18.7 Å². The monoisotopic (exact) mass is 295 g/mol. The Bertz CT molecular complexity index is 519. The zero-order valence-electron chi connectivity index (χ0n) is 12.6. The number of pyridine rings is 1. The number of carbonyl (C=O) groups is 1. The minimum atomic E-state index is -0.629. The van der Waals surface area contributed by atoms with Gasteiger partial charge in [0.05, 0.1) is 4.92 Å². The maximum Gasteiger partial charge on any atom is 0.311 e. The first-order valence-electron chi connectivity index (χ1n) is 6.81. The van der Waals surface area contributed by atoms with E-state index in [1.54, 1.807) is 6.92 Å². The molecule has 1 heterocycles. The molecule has 116 valence electrons. The molecule has 0 aliphatic heterocycles. The van der Waals surface area contributed by atoms with Crippen LogP contribution in [0, 0.1) is 10.1 Å². The molecule has 1 unspecified atom stereocenters. The van der Waals surface area contributed by atoms with E-state index in [4.69, 9.17) is 0 Å². The Morgan fingerprint density at radius 3 is 2.57 bits per heavy atom. The highest BCUT2D eigenvalue weighted by Crippen LogP contribution is 2.24. The Hall–Kier alpha value is -2.38. The molecule has 8 nitrogen and oxygen atoms in total. The predicted octanol–water partition coefficient (Wildman–Crippen LogP) is 1.75. The third-order valence-corrected chi connectivity index (χ3v) is 2.61. The molecular formula is C13H21N5O3. The van der Waals surface area contributed by atoms with E-state index in [-0.39, 0.29) is 23.5 Å². The van der Waals surface area contributed by atoms with Crippen LogP contribution in [0.4, 0.5) is 17.3 Å². The Kier molecular flexibility index (Phi) is 5.89. The van der Waals surface area contributed by atoms with Gasteiger partial charge in [0.25, 0.3) is 0 Å². The molecular weight excluding hydrogens is 274 g/mol. The molecule has 8 heteroatoms. The van der Waals surface area contributed by atoms with Gasteiger partial charge in [-0.15, -0.1) is 0 Å². The van der Waals surface area contributed by atoms with Crippen molar-refractivity contribution in [3.05, 3.63) is 22.2 Å². The quantitative estimate of drug-likeness (QED) is 0.522. The molecule has 3 N–H and O–H groups in total. The number of amides is 1. The first-order valence-corrected chi connectivity index (χ1v) is 6.81. The fourth-order valence-electron chi connectivity index (χ4n) is 1.67. The molecule has 0 saturated carbocycles. The van der Waals surface area contributed by atoms with Crippen LogP contribution >= 0.6 is 0 Å². The second-order valence-electron chi connectivity index (χ2n) is 4.88. The number of nitrogens with one attached hydrogen (secondary N) is 3. The van der Waals surface area contributed by atoms with Crippen LogP contribution in [0.15, 0.2) is 12.1 Å². The first-order chi connectivity index (χ1) is 9.85.